The second-order valence-electron chi connectivity index (χ2n) is 3.68. The molecule has 0 bridgehead atoms. The maximum absolute atomic E-state index is 11.7. The Labute approximate surface area is 94.8 Å². The van der Waals surface area contributed by atoms with Gasteiger partial charge in [-0.1, -0.05) is 18.2 Å². The van der Waals surface area contributed by atoms with Crippen LogP contribution in [0.2, 0.25) is 0 Å². The van der Waals surface area contributed by atoms with Gasteiger partial charge in [0.1, 0.15) is 0 Å². The zero-order chi connectivity index (χ0) is 11.8. The van der Waals surface area contributed by atoms with Crippen LogP contribution in [0.3, 0.4) is 0 Å². The van der Waals surface area contributed by atoms with Crippen LogP contribution in [0.15, 0.2) is 45.7 Å². The molecule has 4 nitrogen and oxygen atoms in total. The quantitative estimate of drug-likeness (QED) is 0.690. The first-order chi connectivity index (χ1) is 7.50. The predicted octanol–water partition coefficient (Wildman–Crippen LogP) is 1.25. The number of hydrazone groups is 1. The van der Waals surface area contributed by atoms with Crippen LogP contribution in [0.25, 0.3) is 0 Å². The van der Waals surface area contributed by atoms with Gasteiger partial charge in [-0.2, -0.15) is 5.10 Å². The number of hydrogen-bond acceptors (Lipinski definition) is 4. The predicted molar refractivity (Wildman–Crippen MR) is 63.0 cm³/mol. The maximum Gasteiger partial charge on any atom is 0.200 e. The zero-order valence-electron chi connectivity index (χ0n) is 9.08. The number of fused-ring (bicyclic) bond motifs is 1. The van der Waals surface area contributed by atoms with E-state index in [1.807, 2.05) is 0 Å². The SMILES string of the molecule is CN(C)/N=C1\C=CS(=O)(=O)c2ccccc21. The van der Waals surface area contributed by atoms with E-state index in [1.54, 1.807) is 43.4 Å². The number of sulfone groups is 1. The molecule has 0 saturated heterocycles. The van der Waals surface area contributed by atoms with Crippen molar-refractivity contribution in [2.75, 3.05) is 14.1 Å². The van der Waals surface area contributed by atoms with E-state index in [0.717, 1.165) is 0 Å². The smallest absolute Gasteiger partial charge is 0.200 e. The summed E-state index contributed by atoms with van der Waals surface area (Å²) >= 11 is 0. The summed E-state index contributed by atoms with van der Waals surface area (Å²) in [5, 5.41) is 7.08. The Morgan fingerprint density at radius 1 is 1.19 bits per heavy atom. The number of benzene rings is 1. The average molecular weight is 236 g/mol. The van der Waals surface area contributed by atoms with E-state index in [4.69, 9.17) is 0 Å². The first-order valence-corrected chi connectivity index (χ1v) is 6.34. The number of allylic oxidation sites excluding steroid dienone is 1. The van der Waals surface area contributed by atoms with Gasteiger partial charge in [0.25, 0.3) is 0 Å². The lowest BCUT2D eigenvalue weighted by molar-refractivity contribution is 0.438. The highest BCUT2D eigenvalue weighted by molar-refractivity contribution is 7.94. The van der Waals surface area contributed by atoms with E-state index in [2.05, 4.69) is 5.10 Å². The minimum atomic E-state index is -3.29. The van der Waals surface area contributed by atoms with E-state index < -0.39 is 9.84 Å². The van der Waals surface area contributed by atoms with Crippen LogP contribution in [0, 0.1) is 0 Å². The molecule has 0 spiro atoms. The van der Waals surface area contributed by atoms with Crippen molar-refractivity contribution < 1.29 is 8.42 Å². The summed E-state index contributed by atoms with van der Waals surface area (Å²) in [6.07, 6.45) is 1.53. The molecule has 84 valence electrons. The van der Waals surface area contributed by atoms with Crippen molar-refractivity contribution in [3.63, 3.8) is 0 Å². The summed E-state index contributed by atoms with van der Waals surface area (Å²) in [5.74, 6) is 0. The van der Waals surface area contributed by atoms with Gasteiger partial charge in [0.15, 0.2) is 0 Å². The van der Waals surface area contributed by atoms with Gasteiger partial charge >= 0.3 is 0 Å². The van der Waals surface area contributed by atoms with E-state index in [1.165, 1.54) is 11.5 Å². The van der Waals surface area contributed by atoms with Crippen LogP contribution >= 0.6 is 0 Å². The van der Waals surface area contributed by atoms with Crippen LogP contribution in [0.4, 0.5) is 0 Å². The summed E-state index contributed by atoms with van der Waals surface area (Å²) in [5.41, 5.74) is 1.31. The molecule has 0 N–H and O–H groups in total. The second-order valence-corrected chi connectivity index (χ2v) is 5.48. The van der Waals surface area contributed by atoms with Gasteiger partial charge in [0, 0.05) is 25.1 Å². The maximum atomic E-state index is 11.7. The summed E-state index contributed by atoms with van der Waals surface area (Å²) in [4.78, 5) is 0.318. The molecule has 1 aromatic carbocycles. The lowest BCUT2D eigenvalue weighted by Gasteiger charge is -2.14. The lowest BCUT2D eigenvalue weighted by atomic mass is 10.1. The van der Waals surface area contributed by atoms with Crippen molar-refractivity contribution in [1.29, 1.82) is 0 Å². The van der Waals surface area contributed by atoms with E-state index in [9.17, 15) is 8.42 Å². The van der Waals surface area contributed by atoms with Crippen molar-refractivity contribution >= 4 is 15.5 Å². The first kappa shape index (κ1) is 10.9. The van der Waals surface area contributed by atoms with E-state index in [-0.39, 0.29) is 0 Å². The van der Waals surface area contributed by atoms with Crippen LogP contribution in [0.5, 0.6) is 0 Å². The third-order valence-corrected chi connectivity index (χ3v) is 3.65. The Hall–Kier alpha value is -1.62. The Bertz CT molecular complexity index is 571. The standard InChI is InChI=1S/C11H12N2O2S/c1-13(2)12-10-7-8-16(14,15)11-6-4-3-5-9(10)11/h3-8H,1-2H3/b12-10+. The molecule has 2 rings (SSSR count). The topological polar surface area (TPSA) is 49.7 Å². The Morgan fingerprint density at radius 3 is 2.56 bits per heavy atom. The normalized spacial score (nSPS) is 19.5. The third-order valence-electron chi connectivity index (χ3n) is 2.18. The molecule has 1 aromatic rings. The van der Waals surface area contributed by atoms with Crippen LogP contribution in [0.1, 0.15) is 5.56 Å². The van der Waals surface area contributed by atoms with Gasteiger partial charge in [0.2, 0.25) is 9.84 Å². The second kappa shape index (κ2) is 3.75. The monoisotopic (exact) mass is 236 g/mol. The fourth-order valence-electron chi connectivity index (χ4n) is 1.55. The van der Waals surface area contributed by atoms with Crippen molar-refractivity contribution in [3.8, 4) is 0 Å². The minimum Gasteiger partial charge on any atom is -0.303 e. The number of nitrogens with zero attached hydrogens (tertiary/aromatic N) is 2. The average Bonchev–Trinajstić information content (AvgIpc) is 2.23. The van der Waals surface area contributed by atoms with Crippen molar-refractivity contribution in [1.82, 2.24) is 5.01 Å². The molecule has 0 radical (unpaired) electrons. The van der Waals surface area contributed by atoms with Gasteiger partial charge in [-0.25, -0.2) is 8.42 Å². The molecular weight excluding hydrogens is 224 g/mol. The van der Waals surface area contributed by atoms with Gasteiger partial charge in [0.05, 0.1) is 10.6 Å². The summed E-state index contributed by atoms with van der Waals surface area (Å²) in [6, 6.07) is 6.87. The van der Waals surface area contributed by atoms with Crippen molar-refractivity contribution in [2.45, 2.75) is 4.90 Å². The van der Waals surface area contributed by atoms with Crippen LogP contribution < -0.4 is 0 Å². The van der Waals surface area contributed by atoms with Crippen molar-refractivity contribution in [3.05, 3.63) is 41.3 Å². The van der Waals surface area contributed by atoms with Gasteiger partial charge < -0.3 is 5.01 Å². The molecule has 5 heteroatoms. The van der Waals surface area contributed by atoms with Crippen molar-refractivity contribution in [2.24, 2.45) is 5.10 Å². The fourth-order valence-corrected chi connectivity index (χ4v) is 2.75. The minimum absolute atomic E-state index is 0.318. The molecule has 0 amide bonds. The summed E-state index contributed by atoms with van der Waals surface area (Å²) < 4.78 is 23.5. The number of rotatable bonds is 1. The van der Waals surface area contributed by atoms with Gasteiger partial charge in [-0.05, 0) is 12.1 Å². The molecule has 0 saturated carbocycles. The molecule has 16 heavy (non-hydrogen) atoms. The lowest BCUT2D eigenvalue weighted by Crippen LogP contribution is -2.15. The van der Waals surface area contributed by atoms with Crippen LogP contribution in [-0.2, 0) is 9.84 Å². The molecular formula is C11H12N2O2S. The molecule has 0 fully saturated rings. The van der Waals surface area contributed by atoms with Gasteiger partial charge in [-0.15, -0.1) is 0 Å². The molecule has 1 heterocycles. The molecule has 1 aliphatic rings. The Morgan fingerprint density at radius 2 is 1.88 bits per heavy atom. The molecule has 1 aliphatic heterocycles. The van der Waals surface area contributed by atoms with E-state index >= 15 is 0 Å². The first-order valence-electron chi connectivity index (χ1n) is 4.79. The van der Waals surface area contributed by atoms with Gasteiger partial charge in [-0.3, -0.25) is 0 Å². The molecule has 0 unspecified atom stereocenters. The van der Waals surface area contributed by atoms with E-state index in [0.29, 0.717) is 16.2 Å². The Balaban J connectivity index is 2.67. The third kappa shape index (κ3) is 1.86. The highest BCUT2D eigenvalue weighted by atomic mass is 32.2. The summed E-state index contributed by atoms with van der Waals surface area (Å²) in [6.45, 7) is 0. The number of hydrogen-bond donors (Lipinski definition) is 0. The largest absolute Gasteiger partial charge is 0.303 e. The highest BCUT2D eigenvalue weighted by Gasteiger charge is 2.22. The highest BCUT2D eigenvalue weighted by Crippen LogP contribution is 2.23. The fraction of sp³-hybridized carbons (Fsp3) is 0.182. The molecule has 0 atom stereocenters. The van der Waals surface area contributed by atoms with Crippen LogP contribution in [-0.4, -0.2) is 33.2 Å². The summed E-state index contributed by atoms with van der Waals surface area (Å²) in [7, 11) is 0.306. The molecule has 0 aromatic heterocycles. The Kier molecular flexibility index (Phi) is 2.55. The zero-order valence-corrected chi connectivity index (χ0v) is 9.90. The molecule has 0 aliphatic carbocycles.